The zero-order chi connectivity index (χ0) is 22.6. The summed E-state index contributed by atoms with van der Waals surface area (Å²) in [6.07, 6.45) is 4.73. The summed E-state index contributed by atoms with van der Waals surface area (Å²) in [6, 6.07) is 15.8. The van der Waals surface area contributed by atoms with Crippen LogP contribution in [-0.2, 0) is 6.42 Å². The Morgan fingerprint density at radius 1 is 1.10 bits per heavy atom. The zero-order valence-corrected chi connectivity index (χ0v) is 19.5. The summed E-state index contributed by atoms with van der Waals surface area (Å²) in [7, 11) is 0. The van der Waals surface area contributed by atoms with Gasteiger partial charge in [0.25, 0.3) is 0 Å². The Hall–Kier alpha value is -2.75. The molecule has 0 aliphatic rings. The first-order valence-electron chi connectivity index (χ1n) is 11.2. The molecule has 0 bridgehead atoms. The quantitative estimate of drug-likeness (QED) is 0.156. The van der Waals surface area contributed by atoms with Gasteiger partial charge in [-0.05, 0) is 55.9 Å². The van der Waals surface area contributed by atoms with Crippen molar-refractivity contribution in [2.75, 3.05) is 0 Å². The Bertz CT molecular complexity index is 1110. The summed E-state index contributed by atoms with van der Waals surface area (Å²) in [5, 5.41) is 0.711. The number of unbranched alkanes of at least 4 members (excludes halogenated alkanes) is 2. The van der Waals surface area contributed by atoms with Crippen LogP contribution in [0.4, 0.5) is 0 Å². The number of fused-ring (bicyclic) bond motifs is 1. The predicted molar refractivity (Wildman–Crippen MR) is 132 cm³/mol. The van der Waals surface area contributed by atoms with E-state index in [0.717, 1.165) is 22.9 Å². The topological polar surface area (TPSA) is 39.4 Å². The number of rotatable bonds is 9. The number of benzene rings is 2. The monoisotopic (exact) mass is 416 g/mol. The molecule has 0 fully saturated rings. The van der Waals surface area contributed by atoms with Crippen molar-refractivity contribution in [3.63, 3.8) is 0 Å². The van der Waals surface area contributed by atoms with E-state index in [0.29, 0.717) is 16.9 Å². The second-order valence-electron chi connectivity index (χ2n) is 9.06. The van der Waals surface area contributed by atoms with E-state index in [1.54, 1.807) is 6.07 Å². The van der Waals surface area contributed by atoms with Crippen molar-refractivity contribution in [3.05, 3.63) is 76.7 Å². The van der Waals surface area contributed by atoms with Gasteiger partial charge in [-0.2, -0.15) is 0 Å². The van der Waals surface area contributed by atoms with Crippen molar-refractivity contribution < 1.29 is 9.07 Å². The van der Waals surface area contributed by atoms with E-state index >= 15 is 0 Å². The Balaban J connectivity index is 1.84. The van der Waals surface area contributed by atoms with Crippen molar-refractivity contribution in [3.8, 4) is 16.9 Å². The average molecular weight is 416 g/mol. The molecule has 3 rings (SSSR count). The third-order valence-electron chi connectivity index (χ3n) is 6.47. The molecule has 0 amide bonds. The predicted octanol–water partition coefficient (Wildman–Crippen LogP) is 7.55. The van der Waals surface area contributed by atoms with E-state index < -0.39 is 0 Å². The highest BCUT2D eigenvalue weighted by molar-refractivity contribution is 6.55. The highest BCUT2D eigenvalue weighted by Crippen LogP contribution is 2.37. The normalized spacial score (nSPS) is 11.5. The fourth-order valence-corrected chi connectivity index (χ4v) is 3.49. The second-order valence-corrected chi connectivity index (χ2v) is 9.06. The van der Waals surface area contributed by atoms with Gasteiger partial charge in [0.15, 0.2) is 0 Å². The Kier molecular flexibility index (Phi) is 7.10. The average Bonchev–Trinajstić information content (AvgIpc) is 2.74. The molecule has 3 nitrogen and oxygen atoms in total. The number of allylic oxidation sites excluding steroid dienone is 1. The first-order valence-corrected chi connectivity index (χ1v) is 11.2. The van der Waals surface area contributed by atoms with Crippen molar-refractivity contribution in [1.82, 2.24) is 0 Å². The highest BCUT2D eigenvalue weighted by Gasteiger charge is 2.33. The van der Waals surface area contributed by atoms with Crippen molar-refractivity contribution in [1.29, 1.82) is 0 Å². The van der Waals surface area contributed by atoms with Gasteiger partial charge in [0.2, 0.25) is 0 Å². The van der Waals surface area contributed by atoms with E-state index in [4.69, 9.17) is 9.07 Å². The standard InChI is InChI=1S/C27H33BO3/c1-7-8-9-10-20-11-13-21(14-12-20)24-17-22-15-16-23(18-25(22)30-26(24)29)31-28(6)27(4,5)19(2)3/h11-18H,2,7-10H2,1,3-6H3. The molecule has 0 radical (unpaired) electrons. The summed E-state index contributed by atoms with van der Waals surface area (Å²) >= 11 is 0. The van der Waals surface area contributed by atoms with Crippen LogP contribution in [0, 0.1) is 0 Å². The van der Waals surface area contributed by atoms with Crippen LogP contribution in [0.2, 0.25) is 12.1 Å². The van der Waals surface area contributed by atoms with Gasteiger partial charge in [0.1, 0.15) is 11.3 Å². The van der Waals surface area contributed by atoms with E-state index in [-0.39, 0.29) is 17.9 Å². The van der Waals surface area contributed by atoms with Crippen LogP contribution in [0.25, 0.3) is 22.1 Å². The molecule has 0 saturated heterocycles. The van der Waals surface area contributed by atoms with Gasteiger partial charge in [0, 0.05) is 16.8 Å². The van der Waals surface area contributed by atoms with Gasteiger partial charge in [0.05, 0.1) is 5.56 Å². The maximum atomic E-state index is 12.7. The molecule has 0 aliphatic carbocycles. The minimum absolute atomic E-state index is 0.0655. The van der Waals surface area contributed by atoms with Gasteiger partial charge < -0.3 is 9.07 Å². The van der Waals surface area contributed by atoms with E-state index in [2.05, 4.69) is 39.5 Å². The van der Waals surface area contributed by atoms with Crippen LogP contribution in [0.15, 0.2) is 69.9 Å². The lowest BCUT2D eigenvalue weighted by atomic mass is 9.46. The van der Waals surface area contributed by atoms with Crippen LogP contribution in [-0.4, -0.2) is 6.92 Å². The molecule has 1 aromatic heterocycles. The Labute approximate surface area is 186 Å². The molecule has 0 aliphatic heterocycles. The van der Waals surface area contributed by atoms with Crippen LogP contribution in [0.1, 0.15) is 52.5 Å². The number of aryl methyl sites for hydroxylation is 1. The minimum Gasteiger partial charge on any atom is -0.560 e. The minimum atomic E-state index is -0.335. The first-order chi connectivity index (χ1) is 14.7. The second kappa shape index (κ2) is 9.59. The summed E-state index contributed by atoms with van der Waals surface area (Å²) in [4.78, 5) is 12.7. The van der Waals surface area contributed by atoms with Gasteiger partial charge in [-0.25, -0.2) is 4.79 Å². The summed E-state index contributed by atoms with van der Waals surface area (Å²) in [6.45, 7) is 14.5. The van der Waals surface area contributed by atoms with Crippen LogP contribution < -0.4 is 10.3 Å². The van der Waals surface area contributed by atoms with Crippen molar-refractivity contribution in [2.45, 2.75) is 65.5 Å². The third kappa shape index (κ3) is 5.30. The fraction of sp³-hybridized carbons (Fsp3) is 0.370. The smallest absolute Gasteiger partial charge is 0.364 e. The fourth-order valence-electron chi connectivity index (χ4n) is 3.49. The van der Waals surface area contributed by atoms with Gasteiger partial charge >= 0.3 is 12.5 Å². The molecular weight excluding hydrogens is 383 g/mol. The summed E-state index contributed by atoms with van der Waals surface area (Å²) < 4.78 is 11.8. The molecular formula is C27H33BO3. The SMILES string of the molecule is C=C(C)C(C)(C)B(C)Oc1ccc2cc(-c3ccc(CCCCC)cc3)c(=O)oc2c1. The van der Waals surface area contributed by atoms with Crippen LogP contribution in [0.3, 0.4) is 0 Å². The lowest BCUT2D eigenvalue weighted by Crippen LogP contribution is -2.31. The first kappa shape index (κ1) is 22.9. The molecule has 0 N–H and O–H groups in total. The molecule has 4 heteroatoms. The maximum Gasteiger partial charge on any atom is 0.364 e. The van der Waals surface area contributed by atoms with E-state index in [1.165, 1.54) is 24.8 Å². The molecule has 162 valence electrons. The van der Waals surface area contributed by atoms with Gasteiger partial charge in [-0.15, -0.1) is 6.58 Å². The molecule has 3 aromatic rings. The third-order valence-corrected chi connectivity index (χ3v) is 6.47. The van der Waals surface area contributed by atoms with Crippen LogP contribution in [0.5, 0.6) is 5.75 Å². The van der Waals surface area contributed by atoms with Crippen molar-refractivity contribution in [2.24, 2.45) is 0 Å². The maximum absolute atomic E-state index is 12.7. The Morgan fingerprint density at radius 3 is 2.45 bits per heavy atom. The largest absolute Gasteiger partial charge is 0.560 e. The molecule has 0 atom stereocenters. The molecule has 2 aromatic carbocycles. The molecule has 1 heterocycles. The van der Waals surface area contributed by atoms with E-state index in [9.17, 15) is 4.79 Å². The molecule has 0 saturated carbocycles. The van der Waals surface area contributed by atoms with Crippen molar-refractivity contribution >= 4 is 17.9 Å². The lowest BCUT2D eigenvalue weighted by Gasteiger charge is -2.29. The molecule has 31 heavy (non-hydrogen) atoms. The summed E-state index contributed by atoms with van der Waals surface area (Å²) in [5.41, 5.74) is 4.02. The summed E-state index contributed by atoms with van der Waals surface area (Å²) in [5.74, 6) is 0.682. The Morgan fingerprint density at radius 2 is 1.81 bits per heavy atom. The number of hydrogen-bond acceptors (Lipinski definition) is 3. The number of hydrogen-bond donors (Lipinski definition) is 0. The van der Waals surface area contributed by atoms with E-state index in [1.807, 2.05) is 44.1 Å². The highest BCUT2D eigenvalue weighted by atomic mass is 16.4. The molecule has 0 spiro atoms. The van der Waals surface area contributed by atoms with Crippen LogP contribution >= 0.6 is 0 Å². The lowest BCUT2D eigenvalue weighted by molar-refractivity contribution is 0.524. The van der Waals surface area contributed by atoms with Gasteiger partial charge in [-0.3, -0.25) is 0 Å². The van der Waals surface area contributed by atoms with Gasteiger partial charge in [-0.1, -0.05) is 63.5 Å². The zero-order valence-electron chi connectivity index (χ0n) is 19.5. The molecule has 0 unspecified atom stereocenters.